The largest absolute Gasteiger partial charge is 1.00 e. The number of rotatable bonds is 12. The second-order valence-electron chi connectivity index (χ2n) is 18.0. The Labute approximate surface area is 346 Å². The average molecular weight is 772 g/mol. The zero-order valence-electron chi connectivity index (χ0n) is 35.0. The zero-order chi connectivity index (χ0) is 39.3. The number of carboxylic acids is 1. The van der Waals surface area contributed by atoms with E-state index in [9.17, 15) is 24.9 Å². The molecule has 2 spiro atoms. The Kier molecular flexibility index (Phi) is 15.3. The number of carbonyl (C=O) groups excluding carboxylic acids is 2. The Morgan fingerprint density at radius 2 is 1.59 bits per heavy atom. The van der Waals surface area contributed by atoms with Crippen molar-refractivity contribution >= 4 is 11.8 Å². The fourth-order valence-corrected chi connectivity index (χ4v) is 10.5. The Hall–Kier alpha value is -0.440. The molecule has 4 fully saturated rings. The molecule has 0 aromatic rings. The van der Waals surface area contributed by atoms with Crippen LogP contribution in [-0.2, 0) is 33.3 Å². The Bertz CT molecular complexity index is 1340. The molecule has 0 aromatic carbocycles. The van der Waals surface area contributed by atoms with E-state index in [0.717, 1.165) is 12.8 Å². The summed E-state index contributed by atoms with van der Waals surface area (Å²) < 4.78 is 33.8. The SMILES string of the molecule is CC[C@@H](C(=O)[C@@H](C)[C@@H](O)[C@H](C)[C@@H]1O[C@@H]([C@@H](CC)C(=O)[O-])CC[C@@H]1C)C1O[C@]2(C=C[C@H](N)[C@]3(CC[C@@](C)([C@H]4CC[C@](O)(CC)[C@H](C)O4)O3)O2)[C@H](C)C[C@@H]1C.[Na+]. The molecule has 1 unspecified atom stereocenters. The number of Topliss-reactive ketones (excluding diaryl/α,β-unsaturated/α-hetero) is 1. The topological polar surface area (TPSA) is 170 Å². The van der Waals surface area contributed by atoms with Crippen LogP contribution < -0.4 is 40.4 Å². The van der Waals surface area contributed by atoms with Crippen molar-refractivity contribution in [1.29, 1.82) is 0 Å². The van der Waals surface area contributed by atoms with Crippen LogP contribution in [0.2, 0.25) is 0 Å². The molecule has 0 amide bonds. The second kappa shape index (κ2) is 17.8. The van der Waals surface area contributed by atoms with Crippen LogP contribution in [0.1, 0.15) is 133 Å². The molecule has 0 radical (unpaired) electrons. The van der Waals surface area contributed by atoms with Crippen molar-refractivity contribution in [3.63, 3.8) is 0 Å². The van der Waals surface area contributed by atoms with Crippen molar-refractivity contribution in [2.75, 3.05) is 0 Å². The summed E-state index contributed by atoms with van der Waals surface area (Å²) >= 11 is 0. The van der Waals surface area contributed by atoms with Gasteiger partial charge < -0.3 is 49.5 Å². The van der Waals surface area contributed by atoms with E-state index in [-0.39, 0.29) is 71.4 Å². The van der Waals surface area contributed by atoms with E-state index < -0.39 is 76.8 Å². The number of aliphatic hydroxyl groups is 2. The van der Waals surface area contributed by atoms with Crippen molar-refractivity contribution < 1.29 is 78.2 Å². The standard InChI is InChI=1S/C42H71NO10.Na/c1-11-29(38(46)47)31-15-14-23(4)36(50-31)27(8)34(44)26(7)35(45)30(12-2)37-24(5)22-25(6)41(51-37)19-16-32(43)42(53-41)21-20-39(10,52-42)33-17-18-40(48,13-3)28(9)49-33;/h16,19,23-34,36-37,44,48H,11-15,17-18,20-22,43H2,1-10H3,(H,46,47);/q;+1/p-1/t23-,24-,25+,26-,27-,28-,29+,30-,31+,32-,33+,34+,36+,37?,39-,40+,41-,42-;/m0./s1. The number of carbonyl (C=O) groups is 2. The van der Waals surface area contributed by atoms with Crippen LogP contribution in [0.15, 0.2) is 12.2 Å². The van der Waals surface area contributed by atoms with E-state index in [2.05, 4.69) is 27.7 Å². The number of ether oxygens (including phenoxy) is 5. The number of carboxylic acid groups (broad SMARTS) is 1. The molecular weight excluding hydrogens is 701 g/mol. The van der Waals surface area contributed by atoms with Crippen LogP contribution in [0.3, 0.4) is 0 Å². The van der Waals surface area contributed by atoms with Gasteiger partial charge >= 0.3 is 29.6 Å². The van der Waals surface area contributed by atoms with Gasteiger partial charge in [0.2, 0.25) is 0 Å². The summed E-state index contributed by atoms with van der Waals surface area (Å²) in [6.45, 7) is 19.7. The molecule has 5 aliphatic rings. The molecule has 18 atom stereocenters. The summed E-state index contributed by atoms with van der Waals surface area (Å²) in [5.74, 6) is -5.73. The van der Waals surface area contributed by atoms with E-state index in [4.69, 9.17) is 29.4 Å². The molecule has 4 saturated heterocycles. The van der Waals surface area contributed by atoms with Crippen molar-refractivity contribution in [3.05, 3.63) is 12.2 Å². The van der Waals surface area contributed by atoms with Crippen LogP contribution in [0.25, 0.3) is 0 Å². The Morgan fingerprint density at radius 3 is 2.19 bits per heavy atom. The molecule has 5 heterocycles. The van der Waals surface area contributed by atoms with Crippen LogP contribution in [0.4, 0.5) is 0 Å². The molecule has 0 aliphatic carbocycles. The van der Waals surface area contributed by atoms with E-state index in [1.807, 2.05) is 46.8 Å². The van der Waals surface area contributed by atoms with Crippen LogP contribution in [0.5, 0.6) is 0 Å². The first-order valence-electron chi connectivity index (χ1n) is 20.8. The van der Waals surface area contributed by atoms with Crippen LogP contribution >= 0.6 is 0 Å². The van der Waals surface area contributed by atoms with Crippen molar-refractivity contribution in [3.8, 4) is 0 Å². The van der Waals surface area contributed by atoms with Gasteiger partial charge in [0.1, 0.15) is 5.78 Å². The van der Waals surface area contributed by atoms with Crippen molar-refractivity contribution in [2.24, 2.45) is 47.2 Å². The van der Waals surface area contributed by atoms with Gasteiger partial charge in [0.15, 0.2) is 11.6 Å². The van der Waals surface area contributed by atoms with Gasteiger partial charge in [0.25, 0.3) is 0 Å². The fraction of sp³-hybridized carbons (Fsp3) is 0.905. The quantitative estimate of drug-likeness (QED) is 0.196. The van der Waals surface area contributed by atoms with Gasteiger partial charge in [-0.3, -0.25) is 4.79 Å². The van der Waals surface area contributed by atoms with Crippen LogP contribution in [0, 0.1) is 41.4 Å². The first kappa shape index (κ1) is 46.3. The monoisotopic (exact) mass is 771 g/mol. The molecule has 0 bridgehead atoms. The van der Waals surface area contributed by atoms with Gasteiger partial charge in [-0.2, -0.15) is 0 Å². The molecule has 4 N–H and O–H groups in total. The Balaban J connectivity index is 0.00000650. The maximum Gasteiger partial charge on any atom is 1.00 e. The van der Waals surface area contributed by atoms with Gasteiger partial charge in [0, 0.05) is 42.0 Å². The Morgan fingerprint density at radius 1 is 0.926 bits per heavy atom. The maximum absolute atomic E-state index is 14.4. The summed E-state index contributed by atoms with van der Waals surface area (Å²) in [6.07, 6.45) is 7.16. The molecule has 54 heavy (non-hydrogen) atoms. The molecule has 5 aliphatic heterocycles. The number of nitrogens with two attached hydrogens (primary N) is 1. The average Bonchev–Trinajstić information content (AvgIpc) is 3.47. The number of hydrogen-bond acceptors (Lipinski definition) is 11. The van der Waals surface area contributed by atoms with E-state index in [1.165, 1.54) is 0 Å². The summed E-state index contributed by atoms with van der Waals surface area (Å²) in [4.78, 5) is 26.3. The van der Waals surface area contributed by atoms with E-state index in [0.29, 0.717) is 51.4 Å². The molecule has 5 rings (SSSR count). The van der Waals surface area contributed by atoms with E-state index >= 15 is 0 Å². The summed E-state index contributed by atoms with van der Waals surface area (Å²) in [7, 11) is 0. The van der Waals surface area contributed by atoms with Crippen LogP contribution in [-0.4, -0.2) is 87.4 Å². The minimum Gasteiger partial charge on any atom is -0.550 e. The summed E-state index contributed by atoms with van der Waals surface area (Å²) in [6, 6.07) is -0.541. The van der Waals surface area contributed by atoms with Gasteiger partial charge in [-0.1, -0.05) is 61.5 Å². The number of aliphatic carboxylic acids is 1. The first-order chi connectivity index (χ1) is 24.8. The number of ketones is 1. The second-order valence-corrected chi connectivity index (χ2v) is 18.0. The minimum atomic E-state index is -1.17. The summed E-state index contributed by atoms with van der Waals surface area (Å²) in [5, 5.41) is 34.6. The van der Waals surface area contributed by atoms with Gasteiger partial charge in [-0.15, -0.1) is 0 Å². The smallest absolute Gasteiger partial charge is 0.550 e. The molecule has 12 heteroatoms. The summed E-state index contributed by atoms with van der Waals surface area (Å²) in [5.41, 5.74) is 5.24. The molecule has 0 saturated carbocycles. The third kappa shape index (κ3) is 8.63. The predicted octanol–water partition coefficient (Wildman–Crippen LogP) is 1.82. The molecule has 304 valence electrons. The van der Waals surface area contributed by atoms with Gasteiger partial charge in [0.05, 0.1) is 53.9 Å². The van der Waals surface area contributed by atoms with E-state index in [1.54, 1.807) is 6.92 Å². The third-order valence-corrected chi connectivity index (χ3v) is 14.5. The number of aliphatic hydroxyl groups excluding tert-OH is 1. The molecule has 11 nitrogen and oxygen atoms in total. The molecule has 0 aromatic heterocycles. The van der Waals surface area contributed by atoms with Gasteiger partial charge in [-0.05, 0) is 89.5 Å². The third-order valence-electron chi connectivity index (χ3n) is 14.5. The fourth-order valence-electron chi connectivity index (χ4n) is 10.5. The minimum absolute atomic E-state index is 0. The normalized spacial score (nSPS) is 45.3. The maximum atomic E-state index is 14.4. The molecular formula is C42H70NNaO10. The zero-order valence-corrected chi connectivity index (χ0v) is 37.0. The van der Waals surface area contributed by atoms with Gasteiger partial charge in [-0.25, -0.2) is 0 Å². The van der Waals surface area contributed by atoms with Crippen molar-refractivity contribution in [1.82, 2.24) is 0 Å². The predicted molar refractivity (Wildman–Crippen MR) is 198 cm³/mol. The van der Waals surface area contributed by atoms with Crippen molar-refractivity contribution in [2.45, 2.75) is 199 Å². The number of hydrogen-bond donors (Lipinski definition) is 3. The first-order valence-corrected chi connectivity index (χ1v) is 20.8.